The molecule has 1 aromatic rings. The molecule has 2 atom stereocenters. The number of hydrogen-bond acceptors (Lipinski definition) is 2. The van der Waals surface area contributed by atoms with Crippen molar-refractivity contribution in [1.82, 2.24) is 4.90 Å². The van der Waals surface area contributed by atoms with Crippen LogP contribution in [-0.4, -0.2) is 29.9 Å². The van der Waals surface area contributed by atoms with Crippen LogP contribution in [0.25, 0.3) is 0 Å². The number of nitrogens with two attached hydrogens (primary N) is 1. The fraction of sp³-hybridized carbons (Fsp3) is 0.588. The van der Waals surface area contributed by atoms with Crippen LogP contribution in [0, 0.1) is 17.7 Å². The van der Waals surface area contributed by atoms with Gasteiger partial charge in [0.25, 0.3) is 0 Å². The number of rotatable bonds is 5. The van der Waals surface area contributed by atoms with Crippen molar-refractivity contribution in [3.8, 4) is 0 Å². The molecular formula is C17H25FN2O. The molecule has 2 N–H and O–H groups in total. The van der Waals surface area contributed by atoms with Crippen LogP contribution in [-0.2, 0) is 11.2 Å². The molecule has 1 heterocycles. The second kappa shape index (κ2) is 7.03. The Balaban J connectivity index is 1.85. The van der Waals surface area contributed by atoms with E-state index in [9.17, 15) is 9.18 Å². The molecule has 1 aliphatic rings. The van der Waals surface area contributed by atoms with Gasteiger partial charge in [0.15, 0.2) is 0 Å². The van der Waals surface area contributed by atoms with Crippen molar-refractivity contribution in [2.45, 2.75) is 39.2 Å². The number of halogens is 1. The molecule has 4 heteroatoms. The SMILES string of the molecule is CC(C)C[C@H](N)C(=O)N1CCC(Cc2ccc(F)cc2)C1. The third-order valence-corrected chi connectivity index (χ3v) is 4.08. The summed E-state index contributed by atoms with van der Waals surface area (Å²) in [4.78, 5) is 14.2. The maximum Gasteiger partial charge on any atom is 0.239 e. The Kier molecular flexibility index (Phi) is 5.34. The second-order valence-electron chi connectivity index (χ2n) is 6.51. The maximum atomic E-state index is 12.9. The van der Waals surface area contributed by atoms with Gasteiger partial charge in [-0.15, -0.1) is 0 Å². The zero-order valence-corrected chi connectivity index (χ0v) is 12.9. The van der Waals surface area contributed by atoms with Crippen LogP contribution < -0.4 is 5.73 Å². The van der Waals surface area contributed by atoms with Crippen molar-refractivity contribution >= 4 is 5.91 Å². The molecule has 1 aromatic carbocycles. The Labute approximate surface area is 126 Å². The summed E-state index contributed by atoms with van der Waals surface area (Å²) in [7, 11) is 0. The summed E-state index contributed by atoms with van der Waals surface area (Å²) in [5, 5.41) is 0. The highest BCUT2D eigenvalue weighted by atomic mass is 19.1. The summed E-state index contributed by atoms with van der Waals surface area (Å²) in [5.74, 6) is 0.749. The highest BCUT2D eigenvalue weighted by Crippen LogP contribution is 2.22. The lowest BCUT2D eigenvalue weighted by molar-refractivity contribution is -0.132. The van der Waals surface area contributed by atoms with Crippen LogP contribution in [0.2, 0.25) is 0 Å². The summed E-state index contributed by atoms with van der Waals surface area (Å²) in [5.41, 5.74) is 7.11. The van der Waals surface area contributed by atoms with Crippen molar-refractivity contribution in [3.63, 3.8) is 0 Å². The van der Waals surface area contributed by atoms with Crippen LogP contribution in [0.5, 0.6) is 0 Å². The van der Waals surface area contributed by atoms with Gasteiger partial charge in [-0.2, -0.15) is 0 Å². The Bertz CT molecular complexity index is 472. The van der Waals surface area contributed by atoms with Crippen LogP contribution in [0.1, 0.15) is 32.3 Å². The van der Waals surface area contributed by atoms with Crippen molar-refractivity contribution in [1.29, 1.82) is 0 Å². The van der Waals surface area contributed by atoms with Crippen LogP contribution >= 0.6 is 0 Å². The second-order valence-corrected chi connectivity index (χ2v) is 6.51. The van der Waals surface area contributed by atoms with E-state index in [4.69, 9.17) is 5.73 Å². The lowest BCUT2D eigenvalue weighted by Crippen LogP contribution is -2.43. The number of likely N-dealkylation sites (tertiary alicyclic amines) is 1. The molecule has 3 nitrogen and oxygen atoms in total. The van der Waals surface area contributed by atoms with E-state index in [-0.39, 0.29) is 17.8 Å². The minimum Gasteiger partial charge on any atom is -0.341 e. The first-order chi connectivity index (χ1) is 9.95. The van der Waals surface area contributed by atoms with Crippen molar-refractivity contribution in [2.24, 2.45) is 17.6 Å². The topological polar surface area (TPSA) is 46.3 Å². The molecule has 0 radical (unpaired) electrons. The molecule has 21 heavy (non-hydrogen) atoms. The first kappa shape index (κ1) is 16.0. The number of carbonyl (C=O) groups excluding carboxylic acids is 1. The van der Waals surface area contributed by atoms with Gasteiger partial charge in [-0.25, -0.2) is 4.39 Å². The lowest BCUT2D eigenvalue weighted by atomic mass is 9.99. The molecule has 0 aromatic heterocycles. The molecule has 0 saturated carbocycles. The van der Waals surface area contributed by atoms with E-state index >= 15 is 0 Å². The van der Waals surface area contributed by atoms with E-state index in [1.54, 1.807) is 0 Å². The molecule has 0 spiro atoms. The molecule has 2 rings (SSSR count). The van der Waals surface area contributed by atoms with Crippen LogP contribution in [0.15, 0.2) is 24.3 Å². The Hall–Kier alpha value is -1.42. The first-order valence-electron chi connectivity index (χ1n) is 7.74. The zero-order valence-electron chi connectivity index (χ0n) is 12.9. The molecular weight excluding hydrogens is 267 g/mol. The van der Waals surface area contributed by atoms with Crippen LogP contribution in [0.3, 0.4) is 0 Å². The predicted molar refractivity (Wildman–Crippen MR) is 82.2 cm³/mol. The zero-order chi connectivity index (χ0) is 15.4. The number of nitrogens with zero attached hydrogens (tertiary/aromatic N) is 1. The van der Waals surface area contributed by atoms with Gasteiger partial charge in [0.1, 0.15) is 5.82 Å². The molecule has 1 aliphatic heterocycles. The molecule has 0 aliphatic carbocycles. The summed E-state index contributed by atoms with van der Waals surface area (Å²) in [6.07, 6.45) is 2.62. The summed E-state index contributed by atoms with van der Waals surface area (Å²) >= 11 is 0. The fourth-order valence-electron chi connectivity index (χ4n) is 3.00. The molecule has 1 amide bonds. The van der Waals surface area contributed by atoms with Gasteiger partial charge in [0.2, 0.25) is 5.91 Å². The normalized spacial score (nSPS) is 20.0. The van der Waals surface area contributed by atoms with E-state index < -0.39 is 0 Å². The van der Waals surface area contributed by atoms with E-state index in [1.807, 2.05) is 17.0 Å². The lowest BCUT2D eigenvalue weighted by Gasteiger charge is -2.22. The minimum absolute atomic E-state index is 0.0744. The van der Waals surface area contributed by atoms with E-state index in [1.165, 1.54) is 12.1 Å². The van der Waals surface area contributed by atoms with E-state index in [0.717, 1.165) is 37.9 Å². The number of benzene rings is 1. The van der Waals surface area contributed by atoms with Gasteiger partial charge in [-0.3, -0.25) is 4.79 Å². The number of amides is 1. The Morgan fingerprint density at radius 2 is 2.05 bits per heavy atom. The third-order valence-electron chi connectivity index (χ3n) is 4.08. The number of carbonyl (C=O) groups is 1. The largest absolute Gasteiger partial charge is 0.341 e. The predicted octanol–water partition coefficient (Wildman–Crippen LogP) is 2.59. The Morgan fingerprint density at radius 1 is 1.38 bits per heavy atom. The maximum absolute atomic E-state index is 12.9. The van der Waals surface area contributed by atoms with Crippen molar-refractivity contribution < 1.29 is 9.18 Å². The molecule has 1 unspecified atom stereocenters. The monoisotopic (exact) mass is 292 g/mol. The quantitative estimate of drug-likeness (QED) is 0.906. The minimum atomic E-state index is -0.380. The molecule has 1 saturated heterocycles. The average molecular weight is 292 g/mol. The van der Waals surface area contributed by atoms with E-state index in [2.05, 4.69) is 13.8 Å². The highest BCUT2D eigenvalue weighted by molar-refractivity contribution is 5.81. The van der Waals surface area contributed by atoms with Gasteiger partial charge >= 0.3 is 0 Å². The summed E-state index contributed by atoms with van der Waals surface area (Å²) in [6.45, 7) is 5.71. The van der Waals surface area contributed by atoms with Gasteiger partial charge < -0.3 is 10.6 Å². The van der Waals surface area contributed by atoms with E-state index in [0.29, 0.717) is 11.8 Å². The molecule has 1 fully saturated rings. The fourth-order valence-corrected chi connectivity index (χ4v) is 3.00. The average Bonchev–Trinajstić information content (AvgIpc) is 2.88. The third kappa shape index (κ3) is 4.53. The van der Waals surface area contributed by atoms with Gasteiger partial charge in [0.05, 0.1) is 6.04 Å². The van der Waals surface area contributed by atoms with Gasteiger partial charge in [-0.1, -0.05) is 26.0 Å². The van der Waals surface area contributed by atoms with Gasteiger partial charge in [0, 0.05) is 13.1 Å². The van der Waals surface area contributed by atoms with Crippen molar-refractivity contribution in [3.05, 3.63) is 35.6 Å². The van der Waals surface area contributed by atoms with Crippen LogP contribution in [0.4, 0.5) is 4.39 Å². The first-order valence-corrected chi connectivity index (χ1v) is 7.74. The standard InChI is InChI=1S/C17H25FN2O/c1-12(2)9-16(19)17(21)20-8-7-14(11-20)10-13-3-5-15(18)6-4-13/h3-6,12,14,16H,7-11,19H2,1-2H3/t14?,16-/m0/s1. The molecule has 116 valence electrons. The van der Waals surface area contributed by atoms with Gasteiger partial charge in [-0.05, 0) is 48.8 Å². The van der Waals surface area contributed by atoms with Crippen molar-refractivity contribution in [2.75, 3.05) is 13.1 Å². The Morgan fingerprint density at radius 3 is 2.67 bits per heavy atom. The highest BCUT2D eigenvalue weighted by Gasteiger charge is 2.29. The smallest absolute Gasteiger partial charge is 0.239 e. The summed E-state index contributed by atoms with van der Waals surface area (Å²) < 4.78 is 12.9. The number of hydrogen-bond donors (Lipinski definition) is 1. The summed E-state index contributed by atoms with van der Waals surface area (Å²) in [6, 6.07) is 6.25. The molecule has 0 bridgehead atoms.